The van der Waals surface area contributed by atoms with Crippen LogP contribution in [-0.2, 0) is 4.79 Å². The van der Waals surface area contributed by atoms with Gasteiger partial charge in [-0.1, -0.05) is 0 Å². The fourth-order valence-corrected chi connectivity index (χ4v) is 0.604. The SMILES string of the molecule is [N-]=C1C=CC(C(=O)O)=C[CH+]1. The van der Waals surface area contributed by atoms with Crippen molar-refractivity contribution in [1.29, 1.82) is 0 Å². The lowest BCUT2D eigenvalue weighted by Gasteiger charge is -1.99. The molecule has 0 aromatic carbocycles. The van der Waals surface area contributed by atoms with Gasteiger partial charge in [-0.25, -0.2) is 4.79 Å². The average molecular weight is 135 g/mol. The number of allylic oxidation sites excluding steroid dienone is 2. The molecule has 0 radical (unpaired) electrons. The van der Waals surface area contributed by atoms with Gasteiger partial charge in [0, 0.05) is 12.5 Å². The second-order valence-electron chi connectivity index (χ2n) is 1.85. The minimum absolute atomic E-state index is 0.0741. The van der Waals surface area contributed by atoms with Crippen molar-refractivity contribution >= 4 is 11.7 Å². The highest BCUT2D eigenvalue weighted by atomic mass is 16.4. The van der Waals surface area contributed by atoms with Gasteiger partial charge in [0.15, 0.2) is 5.57 Å². The maximum Gasteiger partial charge on any atom is 0.393 e. The molecule has 0 amide bonds. The fraction of sp³-hybridized carbons (Fsp3) is 0. The fourth-order valence-electron chi connectivity index (χ4n) is 0.604. The Bertz CT molecular complexity index is 238. The summed E-state index contributed by atoms with van der Waals surface area (Å²) < 4.78 is 0. The number of hydrogen-bond donors (Lipinski definition) is 1. The maximum atomic E-state index is 10.2. The molecule has 0 unspecified atom stereocenters. The van der Waals surface area contributed by atoms with Crippen molar-refractivity contribution in [3.05, 3.63) is 35.6 Å². The lowest BCUT2D eigenvalue weighted by molar-refractivity contribution is -0.132. The number of rotatable bonds is 1. The van der Waals surface area contributed by atoms with Crippen LogP contribution in [0.25, 0.3) is 5.41 Å². The van der Waals surface area contributed by atoms with Gasteiger partial charge in [-0.2, -0.15) is 0 Å². The summed E-state index contributed by atoms with van der Waals surface area (Å²) in [5.74, 6) is -0.986. The summed E-state index contributed by atoms with van der Waals surface area (Å²) in [6.45, 7) is 0. The zero-order valence-corrected chi connectivity index (χ0v) is 5.11. The molecule has 0 saturated heterocycles. The first-order chi connectivity index (χ1) is 4.70. The molecule has 0 atom stereocenters. The summed E-state index contributed by atoms with van der Waals surface area (Å²) in [6.07, 6.45) is 5.36. The quantitative estimate of drug-likeness (QED) is 0.540. The smallest absolute Gasteiger partial charge is 0.393 e. The molecule has 3 heteroatoms. The monoisotopic (exact) mass is 135 g/mol. The van der Waals surface area contributed by atoms with Crippen molar-refractivity contribution in [1.82, 2.24) is 0 Å². The van der Waals surface area contributed by atoms with Crippen LogP contribution in [0, 0.1) is 6.42 Å². The van der Waals surface area contributed by atoms with E-state index in [1.54, 1.807) is 0 Å². The van der Waals surface area contributed by atoms with Gasteiger partial charge in [0.25, 0.3) is 0 Å². The number of carboxylic acids is 1. The second-order valence-corrected chi connectivity index (χ2v) is 1.85. The van der Waals surface area contributed by atoms with E-state index >= 15 is 0 Å². The van der Waals surface area contributed by atoms with Gasteiger partial charge in [0.05, 0.1) is 12.2 Å². The van der Waals surface area contributed by atoms with Crippen molar-refractivity contribution in [2.45, 2.75) is 0 Å². The van der Waals surface area contributed by atoms with E-state index in [1.165, 1.54) is 24.6 Å². The molecule has 10 heavy (non-hydrogen) atoms. The van der Waals surface area contributed by atoms with Gasteiger partial charge in [-0.15, -0.1) is 0 Å². The normalized spacial score (nSPS) is 16.0. The molecule has 0 saturated carbocycles. The number of hydrogen-bond acceptors (Lipinski definition) is 1. The summed E-state index contributed by atoms with van der Waals surface area (Å²) in [5.41, 5.74) is 0.253. The van der Waals surface area contributed by atoms with Crippen LogP contribution in [0.4, 0.5) is 0 Å². The molecule has 1 rings (SSSR count). The molecular formula is C7H5NO2. The zero-order chi connectivity index (χ0) is 7.56. The third-order valence-corrected chi connectivity index (χ3v) is 1.11. The second kappa shape index (κ2) is 2.39. The molecule has 0 heterocycles. The minimum Gasteiger partial charge on any atom is -0.779 e. The molecule has 50 valence electrons. The van der Waals surface area contributed by atoms with Crippen LogP contribution in [0.2, 0.25) is 0 Å². The molecule has 0 spiro atoms. The number of carboxylic acid groups (broad SMARTS) is 1. The molecule has 0 aromatic heterocycles. The molecule has 1 aliphatic rings. The third-order valence-electron chi connectivity index (χ3n) is 1.11. The summed E-state index contributed by atoms with van der Waals surface area (Å²) in [5, 5.41) is 17.1. The molecule has 0 aliphatic heterocycles. The van der Waals surface area contributed by atoms with Crippen LogP contribution in [0.1, 0.15) is 0 Å². The number of nitrogens with zero attached hydrogens (tertiary/aromatic N) is 1. The highest BCUT2D eigenvalue weighted by Crippen LogP contribution is 2.05. The van der Waals surface area contributed by atoms with E-state index in [0.717, 1.165) is 0 Å². The topological polar surface area (TPSA) is 59.6 Å². The standard InChI is InChI=1S/C7H5NO2/c8-6-3-1-5(2-4-6)7(9)10/h1-4H,(H,9,10). The van der Waals surface area contributed by atoms with Crippen molar-refractivity contribution in [2.24, 2.45) is 0 Å². The molecule has 1 aliphatic carbocycles. The minimum atomic E-state index is -0.986. The van der Waals surface area contributed by atoms with Crippen molar-refractivity contribution in [2.75, 3.05) is 0 Å². The van der Waals surface area contributed by atoms with Gasteiger partial charge in [0.1, 0.15) is 0 Å². The van der Waals surface area contributed by atoms with Crippen molar-refractivity contribution in [3.63, 3.8) is 0 Å². The first-order valence-electron chi connectivity index (χ1n) is 2.72. The number of aliphatic carboxylic acids is 1. The first-order valence-corrected chi connectivity index (χ1v) is 2.72. The predicted molar refractivity (Wildman–Crippen MR) is 37.5 cm³/mol. The largest absolute Gasteiger partial charge is 0.779 e. The Morgan fingerprint density at radius 3 is 2.70 bits per heavy atom. The Morgan fingerprint density at radius 2 is 2.30 bits per heavy atom. The van der Waals surface area contributed by atoms with E-state index < -0.39 is 5.97 Å². The lowest BCUT2D eigenvalue weighted by atomic mass is 10.1. The Morgan fingerprint density at radius 1 is 1.60 bits per heavy atom. The Hall–Kier alpha value is -1.51. The predicted octanol–water partition coefficient (Wildman–Crippen LogP) is 0.782. The van der Waals surface area contributed by atoms with Crippen molar-refractivity contribution in [3.8, 4) is 0 Å². The summed E-state index contributed by atoms with van der Waals surface area (Å²) in [6, 6.07) is 0. The molecule has 0 aromatic rings. The van der Waals surface area contributed by atoms with E-state index in [0.29, 0.717) is 0 Å². The Labute approximate surface area is 58.2 Å². The van der Waals surface area contributed by atoms with Gasteiger partial charge in [-0.05, 0) is 5.71 Å². The van der Waals surface area contributed by atoms with Gasteiger partial charge < -0.3 is 10.5 Å². The highest BCUT2D eigenvalue weighted by molar-refractivity contribution is 6.09. The summed E-state index contributed by atoms with van der Waals surface area (Å²) >= 11 is 0. The van der Waals surface area contributed by atoms with E-state index in [9.17, 15) is 4.79 Å². The van der Waals surface area contributed by atoms with Crippen LogP contribution in [0.5, 0.6) is 0 Å². The maximum absolute atomic E-state index is 10.2. The van der Waals surface area contributed by atoms with Gasteiger partial charge in [0.2, 0.25) is 0 Å². The Kier molecular flexibility index (Phi) is 1.58. The van der Waals surface area contributed by atoms with Crippen LogP contribution in [0.15, 0.2) is 23.8 Å². The zero-order valence-electron chi connectivity index (χ0n) is 5.11. The van der Waals surface area contributed by atoms with E-state index in [-0.39, 0.29) is 11.3 Å². The summed E-state index contributed by atoms with van der Waals surface area (Å²) in [4.78, 5) is 10.2. The Balaban J connectivity index is 2.77. The van der Waals surface area contributed by atoms with Gasteiger partial charge >= 0.3 is 5.97 Å². The van der Waals surface area contributed by atoms with E-state index in [2.05, 4.69) is 0 Å². The number of carbonyl (C=O) groups is 1. The molecule has 0 bridgehead atoms. The molecule has 0 fully saturated rings. The molecule has 1 N–H and O–H groups in total. The van der Waals surface area contributed by atoms with Crippen LogP contribution >= 0.6 is 0 Å². The third kappa shape index (κ3) is 1.25. The van der Waals surface area contributed by atoms with Crippen LogP contribution in [-0.4, -0.2) is 16.8 Å². The lowest BCUT2D eigenvalue weighted by Crippen LogP contribution is -2.03. The first kappa shape index (κ1) is 6.61. The van der Waals surface area contributed by atoms with Crippen LogP contribution < -0.4 is 0 Å². The average Bonchev–Trinajstić information content (AvgIpc) is 1.88. The molecule has 3 nitrogen and oxygen atoms in total. The van der Waals surface area contributed by atoms with Crippen molar-refractivity contribution < 1.29 is 9.90 Å². The highest BCUT2D eigenvalue weighted by Gasteiger charge is 2.12. The van der Waals surface area contributed by atoms with E-state index in [1.807, 2.05) is 0 Å². The van der Waals surface area contributed by atoms with Crippen LogP contribution in [0.3, 0.4) is 0 Å². The van der Waals surface area contributed by atoms with E-state index in [4.69, 9.17) is 10.5 Å². The summed E-state index contributed by atoms with van der Waals surface area (Å²) in [7, 11) is 0. The van der Waals surface area contributed by atoms with Gasteiger partial charge in [-0.3, -0.25) is 0 Å². The molecular weight excluding hydrogens is 130 g/mol.